The number of anilines is 2. The highest BCUT2D eigenvalue weighted by Crippen LogP contribution is 2.22. The summed E-state index contributed by atoms with van der Waals surface area (Å²) >= 11 is 2.25. The van der Waals surface area contributed by atoms with Gasteiger partial charge in [0.15, 0.2) is 0 Å². The highest BCUT2D eigenvalue weighted by molar-refractivity contribution is 14.1. The molecule has 0 aliphatic heterocycles. The highest BCUT2D eigenvalue weighted by Gasteiger charge is 2.11. The van der Waals surface area contributed by atoms with Crippen molar-refractivity contribution in [2.24, 2.45) is 5.92 Å². The lowest BCUT2D eigenvalue weighted by Crippen LogP contribution is -2.26. The zero-order chi connectivity index (χ0) is 12.1. The van der Waals surface area contributed by atoms with E-state index in [1.165, 1.54) is 0 Å². The Labute approximate surface area is 111 Å². The third-order valence-corrected chi connectivity index (χ3v) is 3.22. The average molecular weight is 334 g/mol. The lowest BCUT2D eigenvalue weighted by Gasteiger charge is -2.20. The Bertz CT molecular complexity index is 342. The molecule has 0 aliphatic carbocycles. The van der Waals surface area contributed by atoms with Crippen molar-refractivity contribution in [1.82, 2.24) is 0 Å². The monoisotopic (exact) mass is 334 g/mol. The van der Waals surface area contributed by atoms with E-state index in [2.05, 4.69) is 41.8 Å². The molecule has 0 saturated heterocycles. The molecule has 0 saturated carbocycles. The summed E-state index contributed by atoms with van der Waals surface area (Å²) < 4.78 is 1.08. The van der Waals surface area contributed by atoms with Crippen LogP contribution in [0.5, 0.6) is 0 Å². The molecule has 0 bridgehead atoms. The van der Waals surface area contributed by atoms with Crippen LogP contribution < -0.4 is 11.1 Å². The molecule has 1 atom stereocenters. The second-order valence-corrected chi connectivity index (χ2v) is 5.55. The van der Waals surface area contributed by atoms with Gasteiger partial charge in [0.2, 0.25) is 0 Å². The Morgan fingerprint density at radius 3 is 2.62 bits per heavy atom. The van der Waals surface area contributed by atoms with E-state index in [1.54, 1.807) is 0 Å². The van der Waals surface area contributed by atoms with Crippen LogP contribution in [-0.2, 0) is 0 Å². The number of nitrogens with two attached hydrogens (primary N) is 1. The molecule has 4 N–H and O–H groups in total. The molecule has 0 radical (unpaired) electrons. The van der Waals surface area contributed by atoms with Crippen molar-refractivity contribution in [2.45, 2.75) is 26.3 Å². The number of hydrogen-bond donors (Lipinski definition) is 3. The normalized spacial score (nSPS) is 12.8. The minimum Gasteiger partial charge on any atom is -0.399 e. The van der Waals surface area contributed by atoms with E-state index < -0.39 is 0 Å². The van der Waals surface area contributed by atoms with Crippen molar-refractivity contribution >= 4 is 34.0 Å². The minimum absolute atomic E-state index is 0.108. The molecule has 1 aromatic rings. The number of aliphatic hydroxyl groups excluding tert-OH is 1. The Hall–Kier alpha value is -0.490. The van der Waals surface area contributed by atoms with Gasteiger partial charge >= 0.3 is 0 Å². The number of nitrogen functional groups attached to an aromatic ring is 1. The zero-order valence-electron chi connectivity index (χ0n) is 9.70. The maximum atomic E-state index is 9.29. The lowest BCUT2D eigenvalue weighted by molar-refractivity contribution is 0.259. The van der Waals surface area contributed by atoms with Gasteiger partial charge in [0.25, 0.3) is 0 Å². The summed E-state index contributed by atoms with van der Waals surface area (Å²) in [6.07, 6.45) is 0.955. The molecule has 90 valence electrons. The van der Waals surface area contributed by atoms with Gasteiger partial charge in [-0.05, 0) is 53.1 Å². The molecule has 1 aromatic carbocycles. The van der Waals surface area contributed by atoms with Gasteiger partial charge in [-0.25, -0.2) is 0 Å². The van der Waals surface area contributed by atoms with Crippen molar-refractivity contribution in [3.05, 3.63) is 21.8 Å². The third-order valence-electron chi connectivity index (χ3n) is 2.33. The fourth-order valence-electron chi connectivity index (χ4n) is 1.62. The van der Waals surface area contributed by atoms with Crippen LogP contribution in [0.15, 0.2) is 18.2 Å². The molecule has 4 heteroatoms. The Morgan fingerprint density at radius 2 is 2.12 bits per heavy atom. The maximum Gasteiger partial charge on any atom is 0.0632 e. The Kier molecular flexibility index (Phi) is 5.34. The van der Waals surface area contributed by atoms with Gasteiger partial charge in [0.1, 0.15) is 0 Å². The summed E-state index contributed by atoms with van der Waals surface area (Å²) in [6, 6.07) is 5.86. The number of benzene rings is 1. The summed E-state index contributed by atoms with van der Waals surface area (Å²) in [7, 11) is 0. The number of hydrogen-bond acceptors (Lipinski definition) is 3. The molecule has 0 spiro atoms. The van der Waals surface area contributed by atoms with Gasteiger partial charge in [-0.15, -0.1) is 0 Å². The zero-order valence-corrected chi connectivity index (χ0v) is 11.9. The number of halogens is 1. The predicted octanol–water partition coefficient (Wildman–Crippen LogP) is 2.69. The van der Waals surface area contributed by atoms with Crippen molar-refractivity contribution in [3.63, 3.8) is 0 Å². The third kappa shape index (κ3) is 4.17. The minimum atomic E-state index is 0.108. The largest absolute Gasteiger partial charge is 0.399 e. The maximum absolute atomic E-state index is 9.29. The Balaban J connectivity index is 2.70. The van der Waals surface area contributed by atoms with Crippen LogP contribution in [0.25, 0.3) is 0 Å². The van der Waals surface area contributed by atoms with Gasteiger partial charge in [-0.3, -0.25) is 0 Å². The van der Waals surface area contributed by atoms with Crippen LogP contribution >= 0.6 is 22.6 Å². The smallest absolute Gasteiger partial charge is 0.0632 e. The SMILES string of the molecule is CC(C)CC(CO)Nc1ccc(N)cc1I. The van der Waals surface area contributed by atoms with Crippen LogP contribution in [-0.4, -0.2) is 17.8 Å². The van der Waals surface area contributed by atoms with E-state index in [0.717, 1.165) is 21.4 Å². The highest BCUT2D eigenvalue weighted by atomic mass is 127. The second kappa shape index (κ2) is 6.30. The second-order valence-electron chi connectivity index (χ2n) is 4.39. The summed E-state index contributed by atoms with van der Waals surface area (Å²) in [5.41, 5.74) is 7.49. The van der Waals surface area contributed by atoms with Gasteiger partial charge < -0.3 is 16.2 Å². The van der Waals surface area contributed by atoms with Gasteiger partial charge in [0, 0.05) is 21.0 Å². The number of aliphatic hydroxyl groups is 1. The molecular weight excluding hydrogens is 315 g/mol. The van der Waals surface area contributed by atoms with E-state index in [4.69, 9.17) is 5.73 Å². The van der Waals surface area contributed by atoms with Crippen LogP contribution in [0.3, 0.4) is 0 Å². The molecule has 0 heterocycles. The van der Waals surface area contributed by atoms with Gasteiger partial charge in [-0.1, -0.05) is 13.8 Å². The van der Waals surface area contributed by atoms with Crippen molar-refractivity contribution in [2.75, 3.05) is 17.7 Å². The molecule has 1 rings (SSSR count). The van der Waals surface area contributed by atoms with E-state index >= 15 is 0 Å². The standard InChI is InChI=1S/C12H19IN2O/c1-8(2)5-10(7-16)15-12-4-3-9(14)6-11(12)13/h3-4,6,8,10,15-16H,5,7,14H2,1-2H3. The predicted molar refractivity (Wildman–Crippen MR) is 77.5 cm³/mol. The first kappa shape index (κ1) is 13.6. The average Bonchev–Trinajstić information content (AvgIpc) is 2.20. The lowest BCUT2D eigenvalue weighted by atomic mass is 10.0. The van der Waals surface area contributed by atoms with Crippen molar-refractivity contribution in [1.29, 1.82) is 0 Å². The Morgan fingerprint density at radius 1 is 1.44 bits per heavy atom. The first-order chi connectivity index (χ1) is 7.52. The van der Waals surface area contributed by atoms with Gasteiger partial charge in [0.05, 0.1) is 6.61 Å². The quantitative estimate of drug-likeness (QED) is 0.573. The first-order valence-electron chi connectivity index (χ1n) is 5.45. The first-order valence-corrected chi connectivity index (χ1v) is 6.53. The van der Waals surface area contributed by atoms with Crippen LogP contribution in [0.4, 0.5) is 11.4 Å². The summed E-state index contributed by atoms with van der Waals surface area (Å²) in [5, 5.41) is 12.6. The summed E-state index contributed by atoms with van der Waals surface area (Å²) in [4.78, 5) is 0. The van der Waals surface area contributed by atoms with E-state index in [-0.39, 0.29) is 12.6 Å². The van der Waals surface area contributed by atoms with Crippen LogP contribution in [0.2, 0.25) is 0 Å². The fraction of sp³-hybridized carbons (Fsp3) is 0.500. The van der Waals surface area contributed by atoms with Crippen LogP contribution in [0.1, 0.15) is 20.3 Å². The summed E-state index contributed by atoms with van der Waals surface area (Å²) in [5.74, 6) is 0.566. The fourth-order valence-corrected chi connectivity index (χ4v) is 2.31. The number of rotatable bonds is 5. The molecule has 0 aliphatic rings. The van der Waals surface area contributed by atoms with Crippen LogP contribution in [0, 0.1) is 9.49 Å². The van der Waals surface area contributed by atoms with E-state index in [9.17, 15) is 5.11 Å². The van der Waals surface area contributed by atoms with Gasteiger partial charge in [-0.2, -0.15) is 0 Å². The molecule has 16 heavy (non-hydrogen) atoms. The van der Waals surface area contributed by atoms with E-state index in [1.807, 2.05) is 18.2 Å². The molecule has 3 nitrogen and oxygen atoms in total. The molecule has 1 unspecified atom stereocenters. The van der Waals surface area contributed by atoms with E-state index in [0.29, 0.717) is 5.92 Å². The topological polar surface area (TPSA) is 58.3 Å². The molecular formula is C12H19IN2O. The molecule has 0 aromatic heterocycles. The molecule has 0 amide bonds. The summed E-state index contributed by atoms with van der Waals surface area (Å²) in [6.45, 7) is 4.45. The van der Waals surface area contributed by atoms with Crippen molar-refractivity contribution in [3.8, 4) is 0 Å². The number of nitrogens with one attached hydrogen (secondary N) is 1. The van der Waals surface area contributed by atoms with Crippen molar-refractivity contribution < 1.29 is 5.11 Å². The molecule has 0 fully saturated rings.